The number of aromatic nitrogens is 2. The second-order valence-corrected chi connectivity index (χ2v) is 7.84. The predicted molar refractivity (Wildman–Crippen MR) is 101 cm³/mol. The van der Waals surface area contributed by atoms with Gasteiger partial charge in [0.05, 0.1) is 11.8 Å². The zero-order valence-corrected chi connectivity index (χ0v) is 15.8. The molecule has 28 heavy (non-hydrogen) atoms. The van der Waals surface area contributed by atoms with Crippen LogP contribution in [-0.2, 0) is 11.3 Å². The molecule has 2 fully saturated rings. The highest BCUT2D eigenvalue weighted by molar-refractivity contribution is 5.76. The number of halogens is 1. The first-order valence-electron chi connectivity index (χ1n) is 9.57. The van der Waals surface area contributed by atoms with Gasteiger partial charge < -0.3 is 20.5 Å². The van der Waals surface area contributed by atoms with Gasteiger partial charge in [0.25, 0.3) is 0 Å². The third kappa shape index (κ3) is 3.82. The summed E-state index contributed by atoms with van der Waals surface area (Å²) < 4.78 is 20.5. The van der Waals surface area contributed by atoms with E-state index in [9.17, 15) is 14.3 Å². The number of aryl methyl sites for hydroxylation is 1. The summed E-state index contributed by atoms with van der Waals surface area (Å²) in [5, 5.41) is 14.7. The number of rotatable bonds is 4. The molecule has 1 saturated heterocycles. The van der Waals surface area contributed by atoms with Gasteiger partial charge in [-0.25, -0.2) is 9.07 Å². The number of nitrogens with zero attached hydrogens (tertiary/aromatic N) is 3. The van der Waals surface area contributed by atoms with Gasteiger partial charge >= 0.3 is 0 Å². The van der Waals surface area contributed by atoms with Crippen molar-refractivity contribution < 1.29 is 19.0 Å². The second-order valence-electron chi connectivity index (χ2n) is 7.84. The molecule has 150 valence electrons. The van der Waals surface area contributed by atoms with E-state index in [1.165, 1.54) is 16.8 Å². The number of likely N-dealkylation sites (tertiary alicyclic amines) is 1. The molecule has 1 aliphatic carbocycles. The Morgan fingerprint density at radius 2 is 1.96 bits per heavy atom. The van der Waals surface area contributed by atoms with Gasteiger partial charge in [0.2, 0.25) is 5.91 Å². The van der Waals surface area contributed by atoms with Crippen molar-refractivity contribution in [3.8, 4) is 5.75 Å². The van der Waals surface area contributed by atoms with E-state index >= 15 is 0 Å². The highest BCUT2D eigenvalue weighted by atomic mass is 19.1. The molecule has 4 atom stereocenters. The molecule has 2 heterocycles. The zero-order valence-electron chi connectivity index (χ0n) is 15.8. The van der Waals surface area contributed by atoms with Crippen LogP contribution in [0.3, 0.4) is 0 Å². The molecule has 1 aliphatic heterocycles. The Morgan fingerprint density at radius 3 is 2.61 bits per heavy atom. The Bertz CT molecular complexity index is 854. The molecular formula is C20H25FN4O3. The maximum Gasteiger partial charge on any atom is 0.244 e. The summed E-state index contributed by atoms with van der Waals surface area (Å²) >= 11 is 0. The SMILES string of the molecule is Cc1cc(N)n(CC(=O)N2C[C@H]3C[C@@H](Oc4ccc(F)cc4)[C@H](O)C[C@H]3C2)n1. The Labute approximate surface area is 162 Å². The Balaban J connectivity index is 1.37. The Kier molecular flexibility index (Phi) is 4.97. The quantitative estimate of drug-likeness (QED) is 0.830. The van der Waals surface area contributed by atoms with Crippen LogP contribution in [0.5, 0.6) is 5.75 Å². The number of aliphatic hydroxyl groups is 1. The van der Waals surface area contributed by atoms with Crippen LogP contribution in [0.25, 0.3) is 0 Å². The fourth-order valence-corrected chi connectivity index (χ4v) is 4.33. The Hall–Kier alpha value is -2.61. The van der Waals surface area contributed by atoms with Gasteiger partial charge in [-0.3, -0.25) is 4.79 Å². The van der Waals surface area contributed by atoms with Crippen LogP contribution in [0, 0.1) is 24.6 Å². The molecule has 1 aromatic carbocycles. The number of carbonyl (C=O) groups excluding carboxylic acids is 1. The van der Waals surface area contributed by atoms with Crippen LogP contribution >= 0.6 is 0 Å². The van der Waals surface area contributed by atoms with Gasteiger partial charge in [0.15, 0.2) is 0 Å². The largest absolute Gasteiger partial charge is 0.488 e. The van der Waals surface area contributed by atoms with Gasteiger partial charge in [0.1, 0.15) is 30.0 Å². The first-order valence-corrected chi connectivity index (χ1v) is 9.57. The third-order valence-corrected chi connectivity index (χ3v) is 5.76. The molecule has 0 spiro atoms. The number of hydrogen-bond acceptors (Lipinski definition) is 5. The smallest absolute Gasteiger partial charge is 0.244 e. The molecule has 0 bridgehead atoms. The average Bonchev–Trinajstić information content (AvgIpc) is 3.19. The topological polar surface area (TPSA) is 93.6 Å². The first-order chi connectivity index (χ1) is 13.4. The fraction of sp³-hybridized carbons (Fsp3) is 0.500. The number of benzene rings is 1. The van der Waals surface area contributed by atoms with E-state index in [0.29, 0.717) is 37.5 Å². The lowest BCUT2D eigenvalue weighted by atomic mass is 9.78. The van der Waals surface area contributed by atoms with Crippen molar-refractivity contribution in [2.24, 2.45) is 11.8 Å². The summed E-state index contributed by atoms with van der Waals surface area (Å²) in [7, 11) is 0. The number of anilines is 1. The third-order valence-electron chi connectivity index (χ3n) is 5.76. The van der Waals surface area contributed by atoms with Crippen molar-refractivity contribution in [1.82, 2.24) is 14.7 Å². The van der Waals surface area contributed by atoms with E-state index in [4.69, 9.17) is 10.5 Å². The van der Waals surface area contributed by atoms with Gasteiger partial charge in [-0.05, 0) is 55.9 Å². The predicted octanol–water partition coefficient (Wildman–Crippen LogP) is 1.59. The summed E-state index contributed by atoms with van der Waals surface area (Å²) in [4.78, 5) is 14.5. The summed E-state index contributed by atoms with van der Waals surface area (Å²) in [6, 6.07) is 7.55. The molecule has 0 unspecified atom stereocenters. The number of aliphatic hydroxyl groups excluding tert-OH is 1. The highest BCUT2D eigenvalue weighted by Crippen LogP contribution is 2.38. The molecule has 0 radical (unpaired) electrons. The van der Waals surface area contributed by atoms with Crippen LogP contribution in [0.1, 0.15) is 18.5 Å². The second kappa shape index (κ2) is 7.43. The van der Waals surface area contributed by atoms with Crippen molar-refractivity contribution >= 4 is 11.7 Å². The van der Waals surface area contributed by atoms with Crippen molar-refractivity contribution in [3.63, 3.8) is 0 Å². The molecule has 1 amide bonds. The van der Waals surface area contributed by atoms with Crippen LogP contribution in [0.2, 0.25) is 0 Å². The van der Waals surface area contributed by atoms with E-state index in [-0.39, 0.29) is 36.2 Å². The number of nitrogen functional groups attached to an aromatic ring is 1. The number of fused-ring (bicyclic) bond motifs is 1. The monoisotopic (exact) mass is 388 g/mol. The number of hydrogen-bond donors (Lipinski definition) is 2. The van der Waals surface area contributed by atoms with Gasteiger partial charge in [0, 0.05) is 19.2 Å². The van der Waals surface area contributed by atoms with Crippen LogP contribution in [0.15, 0.2) is 30.3 Å². The lowest BCUT2D eigenvalue weighted by molar-refractivity contribution is -0.131. The fourth-order valence-electron chi connectivity index (χ4n) is 4.33. The first kappa shape index (κ1) is 18.7. The van der Waals surface area contributed by atoms with Crippen LogP contribution < -0.4 is 10.5 Å². The minimum absolute atomic E-state index is 0.0188. The van der Waals surface area contributed by atoms with Crippen molar-refractivity contribution in [2.45, 2.75) is 38.5 Å². The highest BCUT2D eigenvalue weighted by Gasteiger charge is 2.43. The molecule has 2 aromatic rings. The normalized spacial score (nSPS) is 26.9. The minimum atomic E-state index is -0.606. The molecule has 7 nitrogen and oxygen atoms in total. The maximum absolute atomic E-state index is 13.1. The summed E-state index contributed by atoms with van der Waals surface area (Å²) in [6.45, 7) is 3.23. The van der Waals surface area contributed by atoms with Crippen molar-refractivity contribution in [3.05, 3.63) is 41.8 Å². The lowest BCUT2D eigenvalue weighted by Crippen LogP contribution is -2.42. The minimum Gasteiger partial charge on any atom is -0.488 e. The van der Waals surface area contributed by atoms with Crippen LogP contribution in [-0.4, -0.2) is 51.0 Å². The van der Waals surface area contributed by atoms with E-state index in [1.54, 1.807) is 18.2 Å². The molecule has 3 N–H and O–H groups in total. The molecule has 2 aliphatic rings. The van der Waals surface area contributed by atoms with Gasteiger partial charge in [-0.1, -0.05) is 0 Å². The number of nitrogens with two attached hydrogens (primary N) is 1. The molecule has 4 rings (SSSR count). The number of amides is 1. The molecular weight excluding hydrogens is 363 g/mol. The van der Waals surface area contributed by atoms with E-state index < -0.39 is 6.10 Å². The van der Waals surface area contributed by atoms with Crippen molar-refractivity contribution in [2.75, 3.05) is 18.8 Å². The van der Waals surface area contributed by atoms with Crippen LogP contribution in [0.4, 0.5) is 10.2 Å². The molecule has 8 heteroatoms. The maximum atomic E-state index is 13.1. The van der Waals surface area contributed by atoms with Gasteiger partial charge in [-0.2, -0.15) is 5.10 Å². The summed E-state index contributed by atoms with van der Waals surface area (Å²) in [5.74, 6) is 1.20. The lowest BCUT2D eigenvalue weighted by Gasteiger charge is -2.35. The van der Waals surface area contributed by atoms with E-state index in [0.717, 1.165) is 5.69 Å². The summed E-state index contributed by atoms with van der Waals surface area (Å²) in [5.41, 5.74) is 6.66. The summed E-state index contributed by atoms with van der Waals surface area (Å²) in [6.07, 6.45) is 0.288. The zero-order chi connectivity index (χ0) is 19.8. The van der Waals surface area contributed by atoms with Crippen molar-refractivity contribution in [1.29, 1.82) is 0 Å². The van der Waals surface area contributed by atoms with E-state index in [2.05, 4.69) is 5.10 Å². The molecule has 1 saturated carbocycles. The number of carbonyl (C=O) groups is 1. The number of ether oxygens (including phenoxy) is 1. The van der Waals surface area contributed by atoms with Gasteiger partial charge in [-0.15, -0.1) is 0 Å². The average molecular weight is 388 g/mol. The standard InChI is InChI=1S/C20H25FN4O3/c1-12-6-19(22)25(23-12)11-20(27)24-9-13-7-17(26)18(8-14(13)10-24)28-16-4-2-15(21)3-5-16/h2-6,13-14,17-18,26H,7-11,22H2,1H3/t13-,14+,17+,18+/m0/s1. The Morgan fingerprint density at radius 1 is 1.29 bits per heavy atom. The van der Waals surface area contributed by atoms with E-state index in [1.807, 2.05) is 11.8 Å². The molecule has 1 aromatic heterocycles.